The van der Waals surface area contributed by atoms with Crippen molar-refractivity contribution >= 4 is 5.82 Å². The topological polar surface area (TPSA) is 56.7 Å². The number of nitrogen functional groups attached to an aromatic ring is 1. The quantitative estimate of drug-likeness (QED) is 0.839. The van der Waals surface area contributed by atoms with Gasteiger partial charge in [-0.1, -0.05) is 6.92 Å². The molecule has 0 amide bonds. The van der Waals surface area contributed by atoms with Crippen molar-refractivity contribution in [2.45, 2.75) is 13.3 Å². The van der Waals surface area contributed by atoms with Crippen LogP contribution in [0.4, 0.5) is 10.2 Å². The molecule has 2 heterocycles. The molecule has 2 N–H and O–H groups in total. The summed E-state index contributed by atoms with van der Waals surface area (Å²) < 4.78 is 14.7. The molecule has 0 atom stereocenters. The third-order valence-corrected chi connectivity index (χ3v) is 2.53. The average Bonchev–Trinajstić information content (AvgIpc) is 2.55. The first-order valence-corrected chi connectivity index (χ1v) is 5.05. The van der Waals surface area contributed by atoms with E-state index in [-0.39, 0.29) is 5.82 Å². The van der Waals surface area contributed by atoms with Crippen molar-refractivity contribution in [1.82, 2.24) is 14.8 Å². The number of aryl methyl sites for hydroxylation is 1. The van der Waals surface area contributed by atoms with Gasteiger partial charge in [-0.2, -0.15) is 5.10 Å². The molecule has 0 aliphatic heterocycles. The summed E-state index contributed by atoms with van der Waals surface area (Å²) in [6, 6.07) is 1.41. The van der Waals surface area contributed by atoms with E-state index < -0.39 is 0 Å². The van der Waals surface area contributed by atoms with Crippen molar-refractivity contribution in [2.75, 3.05) is 5.73 Å². The van der Waals surface area contributed by atoms with Gasteiger partial charge in [-0.25, -0.2) is 4.39 Å². The predicted molar refractivity (Wildman–Crippen MR) is 60.2 cm³/mol. The first-order valence-electron chi connectivity index (χ1n) is 5.05. The van der Waals surface area contributed by atoms with Crippen molar-refractivity contribution in [1.29, 1.82) is 0 Å². The summed E-state index contributed by atoms with van der Waals surface area (Å²) >= 11 is 0. The lowest BCUT2D eigenvalue weighted by molar-refractivity contribution is 0.622. The monoisotopic (exact) mass is 220 g/mol. The molecule has 0 saturated heterocycles. The summed E-state index contributed by atoms with van der Waals surface area (Å²) in [6.07, 6.45) is 3.51. The van der Waals surface area contributed by atoms with Gasteiger partial charge in [0.25, 0.3) is 0 Å². The lowest BCUT2D eigenvalue weighted by atomic mass is 10.1. The molecule has 0 radical (unpaired) electrons. The minimum atomic E-state index is -0.372. The number of nitrogens with zero attached hydrogens (tertiary/aromatic N) is 3. The molecule has 0 unspecified atom stereocenters. The van der Waals surface area contributed by atoms with Crippen molar-refractivity contribution in [3.05, 3.63) is 29.8 Å². The molecular weight excluding hydrogens is 207 g/mol. The Balaban J connectivity index is 2.60. The highest BCUT2D eigenvalue weighted by atomic mass is 19.1. The predicted octanol–water partition coefficient (Wildman–Crippen LogP) is 1.77. The molecule has 0 fully saturated rings. The van der Waals surface area contributed by atoms with E-state index in [0.717, 1.165) is 12.0 Å². The summed E-state index contributed by atoms with van der Waals surface area (Å²) in [5, 5.41) is 4.28. The normalized spacial score (nSPS) is 10.7. The van der Waals surface area contributed by atoms with Crippen LogP contribution in [0.3, 0.4) is 0 Å². The fourth-order valence-electron chi connectivity index (χ4n) is 1.70. The Bertz CT molecular complexity index is 519. The molecule has 0 aliphatic rings. The van der Waals surface area contributed by atoms with E-state index in [9.17, 15) is 4.39 Å². The Labute approximate surface area is 92.9 Å². The summed E-state index contributed by atoms with van der Waals surface area (Å²) in [5.74, 6) is 0.241. The number of nitrogens with two attached hydrogens (primary N) is 1. The number of hydrogen-bond acceptors (Lipinski definition) is 3. The molecule has 2 aromatic heterocycles. The maximum atomic E-state index is 13.1. The second kappa shape index (κ2) is 3.92. The first-order chi connectivity index (χ1) is 7.63. The second-order valence-corrected chi connectivity index (χ2v) is 3.58. The van der Waals surface area contributed by atoms with Gasteiger partial charge in [0, 0.05) is 24.4 Å². The maximum Gasteiger partial charge on any atom is 0.142 e. The molecule has 0 aromatic carbocycles. The molecule has 16 heavy (non-hydrogen) atoms. The number of pyridine rings is 1. The minimum absolute atomic E-state index is 0.372. The zero-order valence-electron chi connectivity index (χ0n) is 9.24. The van der Waals surface area contributed by atoms with Crippen LogP contribution in [0.2, 0.25) is 0 Å². The molecule has 5 heteroatoms. The molecule has 84 valence electrons. The van der Waals surface area contributed by atoms with Gasteiger partial charge in [-0.3, -0.25) is 9.67 Å². The number of aromatic nitrogens is 3. The molecule has 2 rings (SSSR count). The van der Waals surface area contributed by atoms with E-state index in [4.69, 9.17) is 5.73 Å². The molecule has 0 aliphatic carbocycles. The van der Waals surface area contributed by atoms with Crippen LogP contribution in [0.1, 0.15) is 12.5 Å². The highest BCUT2D eigenvalue weighted by molar-refractivity contribution is 5.67. The van der Waals surface area contributed by atoms with Gasteiger partial charge < -0.3 is 5.73 Å². The largest absolute Gasteiger partial charge is 0.384 e. The van der Waals surface area contributed by atoms with E-state index >= 15 is 0 Å². The zero-order valence-corrected chi connectivity index (χ0v) is 9.24. The highest BCUT2D eigenvalue weighted by Crippen LogP contribution is 2.26. The Morgan fingerprint density at radius 3 is 2.81 bits per heavy atom. The van der Waals surface area contributed by atoms with Crippen LogP contribution >= 0.6 is 0 Å². The first kappa shape index (κ1) is 10.6. The number of hydrogen-bond donors (Lipinski definition) is 1. The third kappa shape index (κ3) is 1.64. The van der Waals surface area contributed by atoms with E-state index in [1.54, 1.807) is 17.9 Å². The summed E-state index contributed by atoms with van der Waals surface area (Å²) in [5.41, 5.74) is 8.16. The minimum Gasteiger partial charge on any atom is -0.384 e. The van der Waals surface area contributed by atoms with Crippen molar-refractivity contribution in [3.8, 4) is 11.3 Å². The fourth-order valence-corrected chi connectivity index (χ4v) is 1.70. The van der Waals surface area contributed by atoms with E-state index in [1.165, 1.54) is 12.3 Å². The van der Waals surface area contributed by atoms with Crippen molar-refractivity contribution in [2.24, 2.45) is 7.05 Å². The molecular formula is C11H13FN4. The van der Waals surface area contributed by atoms with Crippen LogP contribution in [0.15, 0.2) is 18.5 Å². The standard InChI is InChI=1S/C11H13FN4/c1-3-9-10(15-16(2)11(9)13)7-4-8(12)6-14-5-7/h4-6H,3,13H2,1-2H3. The zero-order chi connectivity index (χ0) is 11.7. The van der Waals surface area contributed by atoms with E-state index in [0.29, 0.717) is 17.1 Å². The van der Waals surface area contributed by atoms with E-state index in [1.807, 2.05) is 6.92 Å². The van der Waals surface area contributed by atoms with Gasteiger partial charge in [-0.15, -0.1) is 0 Å². The average molecular weight is 220 g/mol. The van der Waals surface area contributed by atoms with Crippen molar-refractivity contribution in [3.63, 3.8) is 0 Å². The molecule has 0 saturated carbocycles. The van der Waals surface area contributed by atoms with Crippen LogP contribution in [0, 0.1) is 5.82 Å². The maximum absolute atomic E-state index is 13.1. The van der Waals surface area contributed by atoms with Gasteiger partial charge >= 0.3 is 0 Å². The van der Waals surface area contributed by atoms with Gasteiger partial charge in [-0.05, 0) is 12.5 Å². The Hall–Kier alpha value is -1.91. The highest BCUT2D eigenvalue weighted by Gasteiger charge is 2.14. The SMILES string of the molecule is CCc1c(-c2cncc(F)c2)nn(C)c1N. The fraction of sp³-hybridized carbons (Fsp3) is 0.273. The Morgan fingerprint density at radius 2 is 2.19 bits per heavy atom. The van der Waals surface area contributed by atoms with Crippen molar-refractivity contribution < 1.29 is 4.39 Å². The van der Waals surface area contributed by atoms with Gasteiger partial charge in [0.2, 0.25) is 0 Å². The van der Waals surface area contributed by atoms with Crippen LogP contribution in [0.25, 0.3) is 11.3 Å². The third-order valence-electron chi connectivity index (χ3n) is 2.53. The van der Waals surface area contributed by atoms with Crippen LogP contribution < -0.4 is 5.73 Å². The Kier molecular flexibility index (Phi) is 2.60. The van der Waals surface area contributed by atoms with Crippen LogP contribution in [-0.4, -0.2) is 14.8 Å². The second-order valence-electron chi connectivity index (χ2n) is 3.58. The van der Waals surface area contributed by atoms with Gasteiger partial charge in [0.05, 0.1) is 11.9 Å². The summed E-state index contributed by atoms with van der Waals surface area (Å²) in [4.78, 5) is 3.81. The number of halogens is 1. The lowest BCUT2D eigenvalue weighted by Gasteiger charge is -2.00. The van der Waals surface area contributed by atoms with Gasteiger partial charge in [0.1, 0.15) is 11.6 Å². The molecule has 2 aromatic rings. The summed E-state index contributed by atoms with van der Waals surface area (Å²) in [7, 11) is 1.77. The lowest BCUT2D eigenvalue weighted by Crippen LogP contribution is -1.98. The summed E-state index contributed by atoms with van der Waals surface area (Å²) in [6.45, 7) is 1.99. The Morgan fingerprint density at radius 1 is 1.44 bits per heavy atom. The molecule has 4 nitrogen and oxygen atoms in total. The molecule has 0 spiro atoms. The number of anilines is 1. The van der Waals surface area contributed by atoms with E-state index in [2.05, 4.69) is 10.1 Å². The van der Waals surface area contributed by atoms with Crippen LogP contribution in [-0.2, 0) is 13.5 Å². The smallest absolute Gasteiger partial charge is 0.142 e. The van der Waals surface area contributed by atoms with Gasteiger partial charge in [0.15, 0.2) is 0 Å². The number of rotatable bonds is 2. The van der Waals surface area contributed by atoms with Crippen LogP contribution in [0.5, 0.6) is 0 Å². The molecule has 0 bridgehead atoms.